The zero-order valence-corrected chi connectivity index (χ0v) is 16.6. The Morgan fingerprint density at radius 1 is 1.27 bits per heavy atom. The Morgan fingerprint density at radius 3 is 2.46 bits per heavy atom. The lowest BCUT2D eigenvalue weighted by Crippen LogP contribution is -2.41. The van der Waals surface area contributed by atoms with E-state index in [4.69, 9.17) is 4.74 Å². The number of carbonyl (C=O) groups excluding carboxylic acids is 1. The molecule has 1 N–H and O–H groups in total. The first kappa shape index (κ1) is 20.7. The Hall–Kier alpha value is -1.58. The summed E-state index contributed by atoms with van der Waals surface area (Å²) in [7, 11) is 0. The minimum absolute atomic E-state index is 0.0385. The Kier molecular flexibility index (Phi) is 6.70. The zero-order chi connectivity index (χ0) is 19.4. The van der Waals surface area contributed by atoms with Gasteiger partial charge in [0.05, 0.1) is 5.41 Å². The van der Waals surface area contributed by atoms with Crippen LogP contribution in [0.2, 0.25) is 0 Å². The predicted octanol–water partition coefficient (Wildman–Crippen LogP) is 6.10. The summed E-state index contributed by atoms with van der Waals surface area (Å²) in [5.41, 5.74) is -0.139. The van der Waals surface area contributed by atoms with E-state index in [0.717, 1.165) is 44.1 Å². The lowest BCUT2D eigenvalue weighted by Gasteiger charge is -2.39. The Balaban J connectivity index is 2.11. The fraction of sp³-hybridized carbons (Fsp3) is 0.682. The van der Waals surface area contributed by atoms with E-state index in [1.54, 1.807) is 6.07 Å². The zero-order valence-electron chi connectivity index (χ0n) is 16.6. The highest BCUT2D eigenvalue weighted by Crippen LogP contribution is 2.40. The van der Waals surface area contributed by atoms with Crippen LogP contribution in [0.3, 0.4) is 0 Å². The van der Waals surface area contributed by atoms with Gasteiger partial charge >= 0.3 is 5.97 Å². The molecule has 1 fully saturated rings. The van der Waals surface area contributed by atoms with Gasteiger partial charge in [-0.3, -0.25) is 4.79 Å². The second-order valence-corrected chi connectivity index (χ2v) is 8.39. The van der Waals surface area contributed by atoms with Crippen LogP contribution in [0.25, 0.3) is 0 Å². The minimum atomic E-state index is -0.644. The maximum Gasteiger partial charge on any atom is 0.312 e. The molecule has 4 heteroatoms. The molecule has 0 spiro atoms. The van der Waals surface area contributed by atoms with Crippen molar-refractivity contribution in [1.29, 1.82) is 0 Å². The van der Waals surface area contributed by atoms with E-state index in [1.165, 1.54) is 18.6 Å². The average molecular weight is 365 g/mol. The molecule has 1 aromatic rings. The Morgan fingerprint density at radius 2 is 1.92 bits per heavy atom. The molecular formula is C22H33FO3. The smallest absolute Gasteiger partial charge is 0.312 e. The number of benzene rings is 1. The number of phenols is 1. The fourth-order valence-electron chi connectivity index (χ4n) is 4.03. The van der Waals surface area contributed by atoms with Crippen molar-refractivity contribution >= 4 is 5.97 Å². The van der Waals surface area contributed by atoms with E-state index in [0.29, 0.717) is 6.42 Å². The normalized spacial score (nSPS) is 18.3. The van der Waals surface area contributed by atoms with Crippen LogP contribution in [0.1, 0.15) is 90.5 Å². The van der Waals surface area contributed by atoms with Crippen LogP contribution in [-0.2, 0) is 9.53 Å². The number of aromatic hydroxyl groups is 1. The first-order valence-corrected chi connectivity index (χ1v) is 9.95. The highest BCUT2D eigenvalue weighted by molar-refractivity contribution is 5.76. The maximum atomic E-state index is 13.7. The summed E-state index contributed by atoms with van der Waals surface area (Å²) in [4.78, 5) is 13.0. The van der Waals surface area contributed by atoms with E-state index in [1.807, 2.05) is 20.8 Å². The summed E-state index contributed by atoms with van der Waals surface area (Å²) < 4.78 is 19.8. The molecule has 1 aliphatic carbocycles. The van der Waals surface area contributed by atoms with Gasteiger partial charge in [0, 0.05) is 0 Å². The molecule has 26 heavy (non-hydrogen) atoms. The largest absolute Gasteiger partial charge is 0.505 e. The third-order valence-electron chi connectivity index (χ3n) is 5.96. The lowest BCUT2D eigenvalue weighted by molar-refractivity contribution is -0.175. The Bertz CT molecular complexity index is 618. The number of hydrogen-bond acceptors (Lipinski definition) is 3. The van der Waals surface area contributed by atoms with Gasteiger partial charge in [-0.05, 0) is 82.4 Å². The van der Waals surface area contributed by atoms with Gasteiger partial charge in [0.1, 0.15) is 5.60 Å². The highest BCUT2D eigenvalue weighted by Gasteiger charge is 2.40. The number of esters is 1. The highest BCUT2D eigenvalue weighted by atomic mass is 19.1. The summed E-state index contributed by atoms with van der Waals surface area (Å²) in [5, 5.41) is 9.41. The van der Waals surface area contributed by atoms with Crippen molar-refractivity contribution in [3.05, 3.63) is 29.6 Å². The molecule has 1 aromatic carbocycles. The second-order valence-electron chi connectivity index (χ2n) is 8.39. The van der Waals surface area contributed by atoms with Crippen molar-refractivity contribution in [3.63, 3.8) is 0 Å². The first-order chi connectivity index (χ1) is 12.2. The summed E-state index contributed by atoms with van der Waals surface area (Å²) in [5.74, 6) is -1.08. The molecule has 1 atom stereocenters. The second kappa shape index (κ2) is 8.41. The van der Waals surface area contributed by atoms with Crippen LogP contribution in [0, 0.1) is 11.2 Å². The predicted molar refractivity (Wildman–Crippen MR) is 102 cm³/mol. The number of rotatable bonds is 7. The van der Waals surface area contributed by atoms with Crippen molar-refractivity contribution in [2.75, 3.05) is 0 Å². The van der Waals surface area contributed by atoms with E-state index < -0.39 is 11.2 Å². The summed E-state index contributed by atoms with van der Waals surface area (Å²) in [6, 6.07) is 4.50. The van der Waals surface area contributed by atoms with E-state index >= 15 is 0 Å². The fourth-order valence-corrected chi connectivity index (χ4v) is 4.03. The third-order valence-corrected chi connectivity index (χ3v) is 5.96. The first-order valence-electron chi connectivity index (χ1n) is 9.95. The van der Waals surface area contributed by atoms with Crippen LogP contribution in [0.15, 0.2) is 18.2 Å². The van der Waals surface area contributed by atoms with E-state index in [-0.39, 0.29) is 23.2 Å². The molecular weight excluding hydrogens is 331 g/mol. The van der Waals surface area contributed by atoms with Gasteiger partial charge in [0.25, 0.3) is 0 Å². The SMILES string of the molecule is CCC(CC(C)(C)C(=O)OC1(CC)CCCCC1)c1ccc(O)c(F)c1. The van der Waals surface area contributed by atoms with Crippen LogP contribution >= 0.6 is 0 Å². The van der Waals surface area contributed by atoms with Gasteiger partial charge < -0.3 is 9.84 Å². The van der Waals surface area contributed by atoms with Crippen molar-refractivity contribution in [2.24, 2.45) is 5.41 Å². The molecule has 0 aromatic heterocycles. The van der Waals surface area contributed by atoms with Gasteiger partial charge in [0.2, 0.25) is 0 Å². The standard InChI is InChI=1S/C22H33FO3/c1-5-16(17-10-11-19(24)18(23)14-17)15-21(3,4)20(25)26-22(6-2)12-8-7-9-13-22/h10-11,14,16,24H,5-9,12-13,15H2,1-4H3. The quantitative estimate of drug-likeness (QED) is 0.595. The summed E-state index contributed by atoms with van der Waals surface area (Å²) >= 11 is 0. The van der Waals surface area contributed by atoms with Gasteiger partial charge in [-0.15, -0.1) is 0 Å². The molecule has 0 saturated heterocycles. The number of halogens is 1. The monoisotopic (exact) mass is 364 g/mol. The number of hydrogen-bond donors (Lipinski definition) is 1. The molecule has 2 rings (SSSR count). The van der Waals surface area contributed by atoms with Crippen molar-refractivity contribution < 1.29 is 19.0 Å². The van der Waals surface area contributed by atoms with E-state index in [2.05, 4.69) is 6.92 Å². The lowest BCUT2D eigenvalue weighted by atomic mass is 9.78. The third kappa shape index (κ3) is 4.77. The van der Waals surface area contributed by atoms with E-state index in [9.17, 15) is 14.3 Å². The molecule has 0 bridgehead atoms. The van der Waals surface area contributed by atoms with Crippen LogP contribution in [-0.4, -0.2) is 16.7 Å². The van der Waals surface area contributed by atoms with Gasteiger partial charge in [-0.1, -0.05) is 26.3 Å². The van der Waals surface area contributed by atoms with Gasteiger partial charge in [-0.25, -0.2) is 4.39 Å². The van der Waals surface area contributed by atoms with Gasteiger partial charge in [0.15, 0.2) is 11.6 Å². The molecule has 0 aliphatic heterocycles. The summed E-state index contributed by atoms with van der Waals surface area (Å²) in [6.45, 7) is 7.97. The van der Waals surface area contributed by atoms with Crippen molar-refractivity contribution in [1.82, 2.24) is 0 Å². The summed E-state index contributed by atoms with van der Waals surface area (Å²) in [6.07, 6.45) is 7.59. The van der Waals surface area contributed by atoms with Gasteiger partial charge in [-0.2, -0.15) is 0 Å². The van der Waals surface area contributed by atoms with Crippen LogP contribution < -0.4 is 0 Å². The van der Waals surface area contributed by atoms with Crippen LogP contribution in [0.4, 0.5) is 4.39 Å². The molecule has 1 unspecified atom stereocenters. The van der Waals surface area contributed by atoms with Crippen molar-refractivity contribution in [3.8, 4) is 5.75 Å². The average Bonchev–Trinajstić information content (AvgIpc) is 2.62. The molecule has 3 nitrogen and oxygen atoms in total. The van der Waals surface area contributed by atoms with Crippen LogP contribution in [0.5, 0.6) is 5.75 Å². The molecule has 1 saturated carbocycles. The Labute approximate surface area is 156 Å². The molecule has 1 aliphatic rings. The number of ether oxygens (including phenoxy) is 1. The number of phenolic OH excluding ortho intramolecular Hbond substituents is 1. The molecule has 0 radical (unpaired) electrons. The minimum Gasteiger partial charge on any atom is -0.505 e. The molecule has 146 valence electrons. The maximum absolute atomic E-state index is 13.7. The topological polar surface area (TPSA) is 46.5 Å². The van der Waals surface area contributed by atoms with Crippen molar-refractivity contribution in [2.45, 2.75) is 90.6 Å². The molecule has 0 amide bonds. The molecule has 0 heterocycles. The number of carbonyl (C=O) groups is 1.